The largest absolute Gasteiger partial charge is 0.353 e. The van der Waals surface area contributed by atoms with Gasteiger partial charge in [0.25, 0.3) is 0 Å². The summed E-state index contributed by atoms with van der Waals surface area (Å²) in [5.74, 6) is 0. The molecule has 0 aliphatic rings. The predicted octanol–water partition coefficient (Wildman–Crippen LogP) is 3.39. The molecule has 4 aromatic rings. The predicted molar refractivity (Wildman–Crippen MR) is 96.2 cm³/mol. The highest BCUT2D eigenvalue weighted by molar-refractivity contribution is 7.22. The van der Waals surface area contributed by atoms with Crippen molar-refractivity contribution in [2.45, 2.75) is 19.5 Å². The molecule has 0 amide bonds. The van der Waals surface area contributed by atoms with Crippen LogP contribution in [0.4, 0.5) is 5.13 Å². The molecule has 3 heterocycles. The molecule has 0 aliphatic carbocycles. The van der Waals surface area contributed by atoms with Crippen molar-refractivity contribution in [2.24, 2.45) is 7.05 Å². The smallest absolute Gasteiger partial charge is 0.185 e. The number of hydrogen-bond donors (Lipinski definition) is 1. The zero-order valence-electron chi connectivity index (χ0n) is 13.5. The average Bonchev–Trinajstić information content (AvgIpc) is 3.29. The van der Waals surface area contributed by atoms with Gasteiger partial charge in [-0.15, -0.1) is 0 Å². The molecule has 0 unspecified atom stereocenters. The molecule has 0 bridgehead atoms. The first-order valence-electron chi connectivity index (χ1n) is 7.78. The molecule has 0 aliphatic heterocycles. The third-order valence-electron chi connectivity index (χ3n) is 4.00. The molecule has 24 heavy (non-hydrogen) atoms. The Morgan fingerprint density at radius 2 is 2.08 bits per heavy atom. The van der Waals surface area contributed by atoms with Crippen LogP contribution in [0.5, 0.6) is 0 Å². The van der Waals surface area contributed by atoms with Crippen LogP contribution in [0.3, 0.4) is 0 Å². The summed E-state index contributed by atoms with van der Waals surface area (Å²) in [4.78, 5) is 8.85. The number of rotatable bonds is 5. The van der Waals surface area contributed by atoms with Gasteiger partial charge in [-0.05, 0) is 12.5 Å². The zero-order valence-corrected chi connectivity index (χ0v) is 14.4. The number of aryl methyl sites for hydroxylation is 2. The van der Waals surface area contributed by atoms with Gasteiger partial charge in [0.2, 0.25) is 0 Å². The van der Waals surface area contributed by atoms with Crippen molar-refractivity contribution < 1.29 is 0 Å². The van der Waals surface area contributed by atoms with Crippen molar-refractivity contribution in [3.63, 3.8) is 0 Å². The maximum atomic E-state index is 4.71. The molecule has 6 nitrogen and oxygen atoms in total. The third kappa shape index (κ3) is 2.78. The minimum Gasteiger partial charge on any atom is -0.353 e. The standard InChI is InChI=1S/C17H18N6S/c1-12-15-16(22(2)21-12)20-17(24-15)19-14(10-23-9-8-18-11-23)13-6-4-3-5-7-13/h3-9,11,14H,10H2,1-2H3,(H,19,20)/t14-/m1/s1. The van der Waals surface area contributed by atoms with Gasteiger partial charge in [-0.2, -0.15) is 5.10 Å². The summed E-state index contributed by atoms with van der Waals surface area (Å²) in [7, 11) is 1.93. The van der Waals surface area contributed by atoms with Gasteiger partial charge in [0.05, 0.1) is 22.8 Å². The van der Waals surface area contributed by atoms with Crippen LogP contribution in [-0.4, -0.2) is 24.3 Å². The van der Waals surface area contributed by atoms with E-state index in [0.717, 1.165) is 27.7 Å². The summed E-state index contributed by atoms with van der Waals surface area (Å²) in [6.45, 7) is 2.81. The van der Waals surface area contributed by atoms with E-state index in [1.165, 1.54) is 5.56 Å². The van der Waals surface area contributed by atoms with Gasteiger partial charge in [0, 0.05) is 26.0 Å². The Morgan fingerprint density at radius 1 is 1.25 bits per heavy atom. The highest BCUT2D eigenvalue weighted by Crippen LogP contribution is 2.31. The molecule has 3 aromatic heterocycles. The van der Waals surface area contributed by atoms with Crippen LogP contribution in [0.15, 0.2) is 49.1 Å². The molecule has 0 saturated heterocycles. The van der Waals surface area contributed by atoms with Crippen LogP contribution in [0.2, 0.25) is 0 Å². The number of hydrogen-bond acceptors (Lipinski definition) is 5. The molecule has 0 spiro atoms. The van der Waals surface area contributed by atoms with E-state index in [4.69, 9.17) is 4.98 Å². The van der Waals surface area contributed by atoms with Crippen LogP contribution in [0.25, 0.3) is 10.3 Å². The van der Waals surface area contributed by atoms with Crippen LogP contribution >= 0.6 is 11.3 Å². The lowest BCUT2D eigenvalue weighted by molar-refractivity contribution is 0.607. The lowest BCUT2D eigenvalue weighted by atomic mass is 10.1. The van der Waals surface area contributed by atoms with Crippen molar-refractivity contribution >= 4 is 26.8 Å². The highest BCUT2D eigenvalue weighted by Gasteiger charge is 2.17. The van der Waals surface area contributed by atoms with Crippen molar-refractivity contribution in [3.05, 3.63) is 60.3 Å². The fourth-order valence-corrected chi connectivity index (χ4v) is 3.81. The average molecular weight is 338 g/mol. The summed E-state index contributed by atoms with van der Waals surface area (Å²) in [6, 6.07) is 10.5. The van der Waals surface area contributed by atoms with Crippen LogP contribution < -0.4 is 5.32 Å². The molecule has 1 atom stereocenters. The van der Waals surface area contributed by atoms with E-state index in [1.807, 2.05) is 37.2 Å². The van der Waals surface area contributed by atoms with Gasteiger partial charge < -0.3 is 9.88 Å². The van der Waals surface area contributed by atoms with Crippen LogP contribution in [0, 0.1) is 6.92 Å². The normalized spacial score (nSPS) is 12.6. The van der Waals surface area contributed by atoms with Crippen molar-refractivity contribution in [1.82, 2.24) is 24.3 Å². The summed E-state index contributed by atoms with van der Waals surface area (Å²) < 4.78 is 5.04. The van der Waals surface area contributed by atoms with E-state index in [1.54, 1.807) is 17.5 Å². The second-order valence-corrected chi connectivity index (χ2v) is 6.75. The van der Waals surface area contributed by atoms with Gasteiger partial charge in [-0.3, -0.25) is 0 Å². The van der Waals surface area contributed by atoms with Crippen molar-refractivity contribution in [1.29, 1.82) is 0 Å². The number of anilines is 1. The van der Waals surface area contributed by atoms with E-state index in [-0.39, 0.29) is 6.04 Å². The zero-order chi connectivity index (χ0) is 16.5. The molecule has 0 saturated carbocycles. The number of aromatic nitrogens is 5. The monoisotopic (exact) mass is 338 g/mol. The van der Waals surface area contributed by atoms with E-state index in [9.17, 15) is 0 Å². The quantitative estimate of drug-likeness (QED) is 0.606. The topological polar surface area (TPSA) is 60.6 Å². The van der Waals surface area contributed by atoms with Gasteiger partial charge in [0.1, 0.15) is 0 Å². The molecule has 4 rings (SSSR count). The van der Waals surface area contributed by atoms with Crippen LogP contribution in [0.1, 0.15) is 17.3 Å². The molecule has 7 heteroatoms. The maximum absolute atomic E-state index is 4.71. The molecule has 0 fully saturated rings. The number of thiazole rings is 1. The summed E-state index contributed by atoms with van der Waals surface area (Å²) >= 11 is 1.65. The Morgan fingerprint density at radius 3 is 2.79 bits per heavy atom. The van der Waals surface area contributed by atoms with Crippen molar-refractivity contribution in [3.8, 4) is 0 Å². The molecular weight excluding hydrogens is 320 g/mol. The fraction of sp³-hybridized carbons (Fsp3) is 0.235. The summed E-state index contributed by atoms with van der Waals surface area (Å²) in [5.41, 5.74) is 3.17. The molecule has 0 radical (unpaired) electrons. The molecule has 122 valence electrons. The Balaban J connectivity index is 1.66. The van der Waals surface area contributed by atoms with E-state index < -0.39 is 0 Å². The van der Waals surface area contributed by atoms with E-state index >= 15 is 0 Å². The molecular formula is C17H18N6S. The number of nitrogens with one attached hydrogen (secondary N) is 1. The first-order valence-corrected chi connectivity index (χ1v) is 8.60. The lowest BCUT2D eigenvalue weighted by Gasteiger charge is -2.19. The summed E-state index contributed by atoms with van der Waals surface area (Å²) in [6.07, 6.45) is 5.61. The third-order valence-corrected chi connectivity index (χ3v) is 5.08. The Bertz CT molecular complexity index is 904. The SMILES string of the molecule is Cc1nn(C)c2nc(N[C@H](Cn3ccnc3)c3ccccc3)sc12. The molecule has 1 N–H and O–H groups in total. The Kier molecular flexibility index (Phi) is 3.78. The van der Waals surface area contributed by atoms with Crippen molar-refractivity contribution in [2.75, 3.05) is 5.32 Å². The van der Waals surface area contributed by atoms with Crippen LogP contribution in [-0.2, 0) is 13.6 Å². The maximum Gasteiger partial charge on any atom is 0.185 e. The molecule has 1 aromatic carbocycles. The Hall–Kier alpha value is -2.67. The minimum atomic E-state index is 0.120. The number of imidazole rings is 1. The Labute approximate surface area is 143 Å². The van der Waals surface area contributed by atoms with Gasteiger partial charge in [-0.25, -0.2) is 14.6 Å². The highest BCUT2D eigenvalue weighted by atomic mass is 32.1. The number of nitrogens with zero attached hydrogens (tertiary/aromatic N) is 5. The van der Waals surface area contributed by atoms with Gasteiger partial charge in [0.15, 0.2) is 10.8 Å². The van der Waals surface area contributed by atoms with Gasteiger partial charge >= 0.3 is 0 Å². The number of fused-ring (bicyclic) bond motifs is 1. The first kappa shape index (κ1) is 14.9. The summed E-state index contributed by atoms with van der Waals surface area (Å²) in [5, 5.41) is 8.91. The minimum absolute atomic E-state index is 0.120. The second kappa shape index (κ2) is 6.09. The second-order valence-electron chi connectivity index (χ2n) is 5.75. The van der Waals surface area contributed by atoms with E-state index in [2.05, 4.69) is 44.2 Å². The first-order chi connectivity index (χ1) is 11.7. The van der Waals surface area contributed by atoms with Gasteiger partial charge in [-0.1, -0.05) is 41.7 Å². The fourth-order valence-electron chi connectivity index (χ4n) is 2.82. The lowest BCUT2D eigenvalue weighted by Crippen LogP contribution is -2.16. The van der Waals surface area contributed by atoms with E-state index in [0.29, 0.717) is 0 Å². The number of benzene rings is 1.